The molecule has 1 saturated carbocycles. The topological polar surface area (TPSA) is 113 Å². The monoisotopic (exact) mass is 512 g/mol. The molecule has 34 heavy (non-hydrogen) atoms. The number of halogens is 2. The van der Waals surface area contributed by atoms with Gasteiger partial charge in [-0.3, -0.25) is 4.40 Å². The standard InChI is InChI=1S/C21H26F2N6O3S2/c1-12(30)13-3-7-28(8-4-13)15-9-14(34(31,32)27-21(2)5-6-21)11-29-16(15)10-24-18(29)20-26-25-19(33-20)17(22)23/h9-13,17,27,30H,3-8H2,1-2H3. The highest BCUT2D eigenvalue weighted by atomic mass is 32.2. The second-order valence-corrected chi connectivity index (χ2v) is 12.1. The van der Waals surface area contributed by atoms with E-state index >= 15 is 0 Å². The van der Waals surface area contributed by atoms with E-state index in [4.69, 9.17) is 0 Å². The Morgan fingerprint density at radius 2 is 1.97 bits per heavy atom. The summed E-state index contributed by atoms with van der Waals surface area (Å²) in [6.07, 6.45) is 2.99. The molecule has 9 nitrogen and oxygen atoms in total. The first-order valence-electron chi connectivity index (χ1n) is 11.2. The molecular formula is C21H26F2N6O3S2. The Bertz CT molecular complexity index is 1310. The van der Waals surface area contributed by atoms with E-state index < -0.39 is 33.1 Å². The third kappa shape index (κ3) is 4.41. The quantitative estimate of drug-likeness (QED) is 0.500. The van der Waals surface area contributed by atoms with Gasteiger partial charge in [0.1, 0.15) is 4.90 Å². The van der Waals surface area contributed by atoms with E-state index in [0.717, 1.165) is 37.0 Å². The van der Waals surface area contributed by atoms with Crippen molar-refractivity contribution in [3.8, 4) is 10.8 Å². The number of pyridine rings is 1. The van der Waals surface area contributed by atoms with Crippen LogP contribution in [0.5, 0.6) is 0 Å². The van der Waals surface area contributed by atoms with E-state index in [9.17, 15) is 22.3 Å². The summed E-state index contributed by atoms with van der Waals surface area (Å²) in [6, 6.07) is 1.64. The lowest BCUT2D eigenvalue weighted by Gasteiger charge is -2.35. The van der Waals surface area contributed by atoms with Gasteiger partial charge >= 0.3 is 0 Å². The van der Waals surface area contributed by atoms with E-state index in [0.29, 0.717) is 24.3 Å². The average molecular weight is 513 g/mol. The molecule has 0 amide bonds. The van der Waals surface area contributed by atoms with E-state index in [1.165, 1.54) is 6.20 Å². The fourth-order valence-electron chi connectivity index (χ4n) is 4.32. The van der Waals surface area contributed by atoms with E-state index in [1.54, 1.807) is 23.6 Å². The summed E-state index contributed by atoms with van der Waals surface area (Å²) < 4.78 is 57.0. The van der Waals surface area contributed by atoms with Crippen LogP contribution in [0.2, 0.25) is 0 Å². The molecule has 2 fully saturated rings. The van der Waals surface area contributed by atoms with E-state index in [2.05, 4.69) is 24.8 Å². The van der Waals surface area contributed by atoms with Gasteiger partial charge in [-0.25, -0.2) is 26.9 Å². The number of nitrogens with one attached hydrogen (secondary N) is 1. The molecule has 2 aliphatic rings. The van der Waals surface area contributed by atoms with Gasteiger partial charge in [0.2, 0.25) is 10.0 Å². The number of aliphatic hydroxyl groups is 1. The van der Waals surface area contributed by atoms with Crippen LogP contribution in [-0.4, -0.2) is 57.8 Å². The molecule has 0 bridgehead atoms. The largest absolute Gasteiger partial charge is 0.393 e. The summed E-state index contributed by atoms with van der Waals surface area (Å²) in [5, 5.41) is 17.1. The van der Waals surface area contributed by atoms with Crippen LogP contribution in [0, 0.1) is 5.92 Å². The molecule has 0 aromatic carbocycles. The van der Waals surface area contributed by atoms with Crippen molar-refractivity contribution in [1.29, 1.82) is 0 Å². The van der Waals surface area contributed by atoms with Crippen molar-refractivity contribution in [2.24, 2.45) is 5.92 Å². The highest BCUT2D eigenvalue weighted by Gasteiger charge is 2.41. The summed E-state index contributed by atoms with van der Waals surface area (Å²) in [7, 11) is -3.84. The summed E-state index contributed by atoms with van der Waals surface area (Å²) in [5.74, 6) is 0.444. The van der Waals surface area contributed by atoms with Crippen LogP contribution in [0.4, 0.5) is 14.5 Å². The Hall–Kier alpha value is -2.22. The van der Waals surface area contributed by atoms with Gasteiger partial charge in [0.05, 0.1) is 23.5 Å². The van der Waals surface area contributed by atoms with Crippen LogP contribution in [0.3, 0.4) is 0 Å². The molecule has 1 aliphatic heterocycles. The van der Waals surface area contributed by atoms with Crippen molar-refractivity contribution >= 4 is 32.6 Å². The number of aliphatic hydroxyl groups excluding tert-OH is 1. The molecule has 3 aromatic rings. The summed E-state index contributed by atoms with van der Waals surface area (Å²) in [5.41, 5.74) is 0.883. The summed E-state index contributed by atoms with van der Waals surface area (Å²) in [6.45, 7) is 4.94. The number of rotatable bonds is 7. The SMILES string of the molecule is CC(O)C1CCN(c2cc(S(=O)(=O)NC3(C)CC3)cn3c(-c4nnc(C(F)F)s4)ncc23)CC1. The van der Waals surface area contributed by atoms with Crippen molar-refractivity contribution < 1.29 is 22.3 Å². The number of fused-ring (bicyclic) bond motifs is 1. The zero-order valence-electron chi connectivity index (χ0n) is 18.8. The third-order valence-electron chi connectivity index (χ3n) is 6.67. The van der Waals surface area contributed by atoms with Crippen molar-refractivity contribution in [3.63, 3.8) is 0 Å². The molecule has 184 valence electrons. The maximum atomic E-state index is 13.3. The third-order valence-corrected chi connectivity index (χ3v) is 9.20. The lowest BCUT2D eigenvalue weighted by atomic mass is 9.92. The molecule has 2 N–H and O–H groups in total. The van der Waals surface area contributed by atoms with Gasteiger partial charge < -0.3 is 10.0 Å². The molecule has 0 radical (unpaired) electrons. The molecule has 1 saturated heterocycles. The van der Waals surface area contributed by atoms with Gasteiger partial charge in [-0.2, -0.15) is 0 Å². The van der Waals surface area contributed by atoms with Gasteiger partial charge in [-0.15, -0.1) is 10.2 Å². The van der Waals surface area contributed by atoms with Crippen LogP contribution >= 0.6 is 11.3 Å². The van der Waals surface area contributed by atoms with Crippen molar-refractivity contribution in [2.45, 2.75) is 62.5 Å². The second kappa shape index (κ2) is 8.47. The summed E-state index contributed by atoms with van der Waals surface area (Å²) in [4.78, 5) is 6.54. The first kappa shape index (κ1) is 23.5. The first-order chi connectivity index (χ1) is 16.1. The van der Waals surface area contributed by atoms with Gasteiger partial charge in [0, 0.05) is 24.8 Å². The average Bonchev–Trinajstić information content (AvgIpc) is 3.18. The van der Waals surface area contributed by atoms with Crippen LogP contribution in [-0.2, 0) is 10.0 Å². The second-order valence-electron chi connectivity index (χ2n) is 9.38. The van der Waals surface area contributed by atoms with Gasteiger partial charge in [-0.05, 0) is 51.5 Å². The summed E-state index contributed by atoms with van der Waals surface area (Å²) >= 11 is 0.730. The van der Waals surface area contributed by atoms with E-state index in [-0.39, 0.29) is 21.6 Å². The number of aromatic nitrogens is 4. The molecule has 13 heteroatoms. The number of alkyl halides is 2. The molecule has 5 rings (SSSR count). The lowest BCUT2D eigenvalue weighted by Crippen LogP contribution is -2.38. The Balaban J connectivity index is 1.60. The van der Waals surface area contributed by atoms with Crippen molar-refractivity contribution in [1.82, 2.24) is 24.3 Å². The van der Waals surface area contributed by atoms with Crippen molar-refractivity contribution in [3.05, 3.63) is 23.5 Å². The number of imidazole rings is 1. The Morgan fingerprint density at radius 1 is 1.26 bits per heavy atom. The molecule has 1 atom stereocenters. The maximum Gasteiger partial charge on any atom is 0.291 e. The van der Waals surface area contributed by atoms with E-state index in [1.807, 2.05) is 6.92 Å². The fourth-order valence-corrected chi connectivity index (χ4v) is 6.50. The minimum atomic E-state index is -3.84. The predicted molar refractivity (Wildman–Crippen MR) is 124 cm³/mol. The maximum absolute atomic E-state index is 13.3. The molecule has 3 aromatic heterocycles. The number of hydrogen-bond donors (Lipinski definition) is 2. The smallest absolute Gasteiger partial charge is 0.291 e. The fraction of sp³-hybridized carbons (Fsp3) is 0.571. The highest BCUT2D eigenvalue weighted by molar-refractivity contribution is 7.89. The minimum absolute atomic E-state index is 0.0682. The van der Waals surface area contributed by atoms with Gasteiger partial charge in [0.15, 0.2) is 15.8 Å². The van der Waals surface area contributed by atoms with Crippen LogP contribution in [0.25, 0.3) is 16.3 Å². The van der Waals surface area contributed by atoms with Crippen LogP contribution < -0.4 is 9.62 Å². The number of hydrogen-bond acceptors (Lipinski definition) is 8. The van der Waals surface area contributed by atoms with Crippen molar-refractivity contribution in [2.75, 3.05) is 18.0 Å². The Morgan fingerprint density at radius 3 is 2.56 bits per heavy atom. The van der Waals surface area contributed by atoms with Gasteiger partial charge in [-0.1, -0.05) is 11.3 Å². The number of sulfonamides is 1. The zero-order valence-corrected chi connectivity index (χ0v) is 20.4. The first-order valence-corrected chi connectivity index (χ1v) is 13.5. The van der Waals surface area contributed by atoms with Crippen LogP contribution in [0.1, 0.15) is 51.0 Å². The molecule has 0 spiro atoms. The van der Waals surface area contributed by atoms with Gasteiger partial charge in [0.25, 0.3) is 6.43 Å². The zero-order chi connectivity index (χ0) is 24.3. The Labute approximate surface area is 199 Å². The van der Waals surface area contributed by atoms with Crippen LogP contribution in [0.15, 0.2) is 23.4 Å². The minimum Gasteiger partial charge on any atom is -0.393 e. The molecule has 4 heterocycles. The normalized spacial score (nSPS) is 19.8. The predicted octanol–water partition coefficient (Wildman–Crippen LogP) is 3.22. The molecular weight excluding hydrogens is 486 g/mol. The molecule has 1 aliphatic carbocycles. The highest BCUT2D eigenvalue weighted by Crippen LogP contribution is 2.38. The number of anilines is 1. The molecule has 1 unspecified atom stereocenters. The number of piperidine rings is 1. The Kier molecular flexibility index (Phi) is 5.86. The lowest BCUT2D eigenvalue weighted by molar-refractivity contribution is 0.110. The number of nitrogens with zero attached hydrogens (tertiary/aromatic N) is 5.